The third-order valence-corrected chi connectivity index (χ3v) is 6.10. The summed E-state index contributed by atoms with van der Waals surface area (Å²) in [5.74, 6) is 0.512. The van der Waals surface area contributed by atoms with Gasteiger partial charge in [-0.1, -0.05) is 61.1 Å². The molecule has 3 rings (SSSR count). The van der Waals surface area contributed by atoms with Crippen molar-refractivity contribution in [1.29, 1.82) is 0 Å². The van der Waals surface area contributed by atoms with Gasteiger partial charge in [0.05, 0.1) is 0 Å². The third-order valence-electron chi connectivity index (χ3n) is 6.10. The molecule has 0 spiro atoms. The average molecular weight is 319 g/mol. The highest BCUT2D eigenvalue weighted by atomic mass is 14.9. The summed E-state index contributed by atoms with van der Waals surface area (Å²) in [4.78, 5) is 0. The van der Waals surface area contributed by atoms with Crippen molar-refractivity contribution >= 4 is 5.57 Å². The van der Waals surface area contributed by atoms with Gasteiger partial charge in [-0.2, -0.15) is 0 Å². The van der Waals surface area contributed by atoms with Crippen LogP contribution < -0.4 is 5.32 Å². The highest BCUT2D eigenvalue weighted by Crippen LogP contribution is 2.43. The van der Waals surface area contributed by atoms with E-state index in [4.69, 9.17) is 0 Å². The average Bonchev–Trinajstić information content (AvgIpc) is 2.80. The predicted molar refractivity (Wildman–Crippen MR) is 105 cm³/mol. The molecule has 0 saturated carbocycles. The summed E-state index contributed by atoms with van der Waals surface area (Å²) in [7, 11) is 2.07. The normalized spacial score (nSPS) is 26.6. The molecule has 1 nitrogen and oxygen atoms in total. The summed E-state index contributed by atoms with van der Waals surface area (Å²) in [6.07, 6.45) is 10.9. The van der Waals surface area contributed by atoms with Crippen LogP contribution in [0.3, 0.4) is 0 Å². The van der Waals surface area contributed by atoms with E-state index in [1.807, 2.05) is 0 Å². The molecule has 0 amide bonds. The molecule has 0 bridgehead atoms. The Balaban J connectivity index is 2.02. The molecular weight excluding hydrogens is 290 g/mol. The number of allylic oxidation sites excluding steroid dienone is 6. The Kier molecular flexibility index (Phi) is 4.64. The monoisotopic (exact) mass is 319 g/mol. The maximum Gasteiger partial charge on any atom is 0.0440 e. The van der Waals surface area contributed by atoms with Crippen molar-refractivity contribution < 1.29 is 0 Å². The zero-order chi connectivity index (χ0) is 17.3. The molecule has 0 heterocycles. The van der Waals surface area contributed by atoms with E-state index in [1.165, 1.54) is 33.4 Å². The van der Waals surface area contributed by atoms with Crippen LogP contribution in [0, 0.1) is 5.92 Å². The van der Waals surface area contributed by atoms with E-state index >= 15 is 0 Å². The lowest BCUT2D eigenvalue weighted by atomic mass is 9.80. The van der Waals surface area contributed by atoms with Crippen molar-refractivity contribution in [3.63, 3.8) is 0 Å². The largest absolute Gasteiger partial charge is 0.310 e. The lowest BCUT2D eigenvalue weighted by Gasteiger charge is -2.32. The van der Waals surface area contributed by atoms with Crippen molar-refractivity contribution in [2.75, 3.05) is 7.05 Å². The Hall–Kier alpha value is -1.86. The summed E-state index contributed by atoms with van der Waals surface area (Å²) < 4.78 is 0. The third kappa shape index (κ3) is 2.82. The number of nitrogens with one attached hydrogen (secondary N) is 1. The van der Waals surface area contributed by atoms with Crippen LogP contribution in [0.25, 0.3) is 5.57 Å². The molecule has 0 aromatic heterocycles. The van der Waals surface area contributed by atoms with Crippen molar-refractivity contribution in [3.8, 4) is 0 Å². The van der Waals surface area contributed by atoms with Gasteiger partial charge in [-0.3, -0.25) is 0 Å². The van der Waals surface area contributed by atoms with Crippen LogP contribution >= 0.6 is 0 Å². The van der Waals surface area contributed by atoms with Gasteiger partial charge in [-0.15, -0.1) is 0 Å². The van der Waals surface area contributed by atoms with Gasteiger partial charge in [0.2, 0.25) is 0 Å². The van der Waals surface area contributed by atoms with Gasteiger partial charge in [-0.25, -0.2) is 0 Å². The van der Waals surface area contributed by atoms with Crippen molar-refractivity contribution in [3.05, 3.63) is 76.4 Å². The van der Waals surface area contributed by atoms with Gasteiger partial charge in [-0.05, 0) is 68.5 Å². The van der Waals surface area contributed by atoms with E-state index in [-0.39, 0.29) is 5.54 Å². The van der Waals surface area contributed by atoms with Gasteiger partial charge >= 0.3 is 0 Å². The molecule has 1 aromatic rings. The molecule has 1 N–H and O–H groups in total. The summed E-state index contributed by atoms with van der Waals surface area (Å²) in [5, 5.41) is 3.56. The van der Waals surface area contributed by atoms with Crippen molar-refractivity contribution in [2.45, 2.75) is 46.1 Å². The van der Waals surface area contributed by atoms with Crippen LogP contribution in [-0.4, -0.2) is 12.6 Å². The first kappa shape index (κ1) is 17.0. The molecule has 0 aliphatic heterocycles. The predicted octanol–water partition coefficient (Wildman–Crippen LogP) is 5.46. The lowest BCUT2D eigenvalue weighted by Crippen LogP contribution is -2.43. The first-order valence-electron chi connectivity index (χ1n) is 8.99. The fourth-order valence-electron chi connectivity index (χ4n) is 4.15. The van der Waals surface area contributed by atoms with Crippen LogP contribution in [0.5, 0.6) is 0 Å². The smallest absolute Gasteiger partial charge is 0.0440 e. The highest BCUT2D eigenvalue weighted by molar-refractivity contribution is 5.81. The van der Waals surface area contributed by atoms with E-state index in [9.17, 15) is 0 Å². The van der Waals surface area contributed by atoms with E-state index in [2.05, 4.69) is 88.6 Å². The lowest BCUT2D eigenvalue weighted by molar-refractivity contribution is 0.434. The molecule has 1 heteroatoms. The van der Waals surface area contributed by atoms with Gasteiger partial charge in [0.15, 0.2) is 0 Å². The molecule has 0 saturated heterocycles. The van der Waals surface area contributed by atoms with Gasteiger partial charge in [0.1, 0.15) is 0 Å². The second-order valence-corrected chi connectivity index (χ2v) is 7.30. The van der Waals surface area contributed by atoms with Gasteiger partial charge in [0.25, 0.3) is 0 Å². The van der Waals surface area contributed by atoms with Crippen LogP contribution in [0.4, 0.5) is 0 Å². The summed E-state index contributed by atoms with van der Waals surface area (Å²) >= 11 is 0. The maximum absolute atomic E-state index is 3.56. The fourth-order valence-corrected chi connectivity index (χ4v) is 4.15. The Labute approximate surface area is 146 Å². The van der Waals surface area contributed by atoms with Crippen molar-refractivity contribution in [2.24, 2.45) is 5.92 Å². The van der Waals surface area contributed by atoms with E-state index < -0.39 is 0 Å². The van der Waals surface area contributed by atoms with Crippen LogP contribution in [-0.2, 0) is 6.42 Å². The zero-order valence-electron chi connectivity index (χ0n) is 15.6. The first-order valence-corrected chi connectivity index (χ1v) is 8.99. The second-order valence-electron chi connectivity index (χ2n) is 7.30. The molecule has 2 aliphatic carbocycles. The number of hydrogen-bond acceptors (Lipinski definition) is 1. The fraction of sp³-hybridized carbons (Fsp3) is 0.391. The molecule has 2 atom stereocenters. The summed E-state index contributed by atoms with van der Waals surface area (Å²) in [5.41, 5.74) is 8.86. The van der Waals surface area contributed by atoms with E-state index in [1.54, 1.807) is 0 Å². The SMILES string of the molecule is CNC1(Cc2ccccc2C2=C(C)C(C)=C(C)C2C)C=CC=CC1. The number of hydrogen-bond donors (Lipinski definition) is 1. The van der Waals surface area contributed by atoms with Gasteiger partial charge in [0, 0.05) is 11.5 Å². The molecule has 2 unspecified atom stereocenters. The number of rotatable bonds is 4. The second kappa shape index (κ2) is 6.57. The topological polar surface area (TPSA) is 12.0 Å². The standard InChI is InChI=1S/C23H29N/c1-16-17(2)19(4)22(18(16)3)21-12-8-7-11-20(21)15-23(24-5)13-9-6-10-14-23/h6-13,18,24H,14-15H2,1-5H3. The summed E-state index contributed by atoms with van der Waals surface area (Å²) in [6.45, 7) is 9.17. The minimum absolute atomic E-state index is 0.0265. The quantitative estimate of drug-likeness (QED) is 0.776. The first-order chi connectivity index (χ1) is 11.5. The number of benzene rings is 1. The molecule has 126 valence electrons. The Morgan fingerprint density at radius 2 is 1.83 bits per heavy atom. The van der Waals surface area contributed by atoms with E-state index in [0.717, 1.165) is 12.8 Å². The highest BCUT2D eigenvalue weighted by Gasteiger charge is 2.30. The molecule has 1 aromatic carbocycles. The van der Waals surface area contributed by atoms with Crippen LogP contribution in [0.15, 0.2) is 65.3 Å². The van der Waals surface area contributed by atoms with Gasteiger partial charge < -0.3 is 5.32 Å². The zero-order valence-corrected chi connectivity index (χ0v) is 15.6. The molecule has 0 fully saturated rings. The van der Waals surface area contributed by atoms with Crippen LogP contribution in [0.2, 0.25) is 0 Å². The minimum atomic E-state index is 0.0265. The Bertz CT molecular complexity index is 760. The van der Waals surface area contributed by atoms with E-state index in [0.29, 0.717) is 5.92 Å². The molecule has 2 aliphatic rings. The van der Waals surface area contributed by atoms with Crippen LogP contribution in [0.1, 0.15) is 45.2 Å². The Morgan fingerprint density at radius 3 is 2.42 bits per heavy atom. The Morgan fingerprint density at radius 1 is 1.08 bits per heavy atom. The maximum atomic E-state index is 3.56. The minimum Gasteiger partial charge on any atom is -0.310 e. The number of likely N-dealkylation sites (N-methyl/N-ethyl adjacent to an activating group) is 1. The summed E-state index contributed by atoms with van der Waals surface area (Å²) in [6, 6.07) is 8.96. The molecular formula is C23H29N. The molecule has 24 heavy (non-hydrogen) atoms. The van der Waals surface area contributed by atoms with Crippen molar-refractivity contribution in [1.82, 2.24) is 5.32 Å². The molecule has 0 radical (unpaired) electrons.